The molecule has 0 heterocycles. The van der Waals surface area contributed by atoms with Crippen LogP contribution in [0, 0.1) is 5.92 Å². The quantitative estimate of drug-likeness (QED) is 0.775. The average Bonchev–Trinajstić information content (AvgIpc) is 2.61. The van der Waals surface area contributed by atoms with Crippen LogP contribution < -0.4 is 15.5 Å². The second kappa shape index (κ2) is 9.23. The van der Waals surface area contributed by atoms with Crippen LogP contribution in [0.2, 0.25) is 0 Å². The molecule has 1 atom stereocenters. The van der Waals surface area contributed by atoms with E-state index in [2.05, 4.69) is 53.6 Å². The normalized spacial score (nSPS) is 12.0. The predicted octanol–water partition coefficient (Wildman–Crippen LogP) is 3.36. The second-order valence-electron chi connectivity index (χ2n) is 6.85. The van der Waals surface area contributed by atoms with Gasteiger partial charge in [0.2, 0.25) is 5.91 Å². The van der Waals surface area contributed by atoms with Crippen LogP contribution in [-0.4, -0.2) is 26.5 Å². The van der Waals surface area contributed by atoms with Crippen molar-refractivity contribution >= 4 is 11.6 Å². The summed E-state index contributed by atoms with van der Waals surface area (Å²) in [7, 11) is 4.03. The predicted molar refractivity (Wildman–Crippen MR) is 105 cm³/mol. The number of nitrogens with zero attached hydrogens (tertiary/aromatic N) is 1. The molecule has 0 fully saturated rings. The maximum atomic E-state index is 12.2. The highest BCUT2D eigenvalue weighted by molar-refractivity contribution is 5.78. The van der Waals surface area contributed by atoms with Crippen molar-refractivity contribution in [2.45, 2.75) is 26.4 Å². The molecule has 1 amide bonds. The molecule has 0 saturated carbocycles. The van der Waals surface area contributed by atoms with E-state index < -0.39 is 0 Å². The number of hydrogen-bond acceptors (Lipinski definition) is 3. The monoisotopic (exact) mass is 339 g/mol. The Morgan fingerprint density at radius 2 is 1.64 bits per heavy atom. The van der Waals surface area contributed by atoms with Crippen molar-refractivity contribution in [1.82, 2.24) is 10.6 Å². The van der Waals surface area contributed by atoms with Crippen molar-refractivity contribution < 1.29 is 4.79 Å². The van der Waals surface area contributed by atoms with Crippen molar-refractivity contribution in [3.8, 4) is 0 Å². The Labute approximate surface area is 151 Å². The highest BCUT2D eigenvalue weighted by atomic mass is 16.1. The number of nitrogens with one attached hydrogen (secondary N) is 2. The molecule has 0 bridgehead atoms. The van der Waals surface area contributed by atoms with E-state index in [4.69, 9.17) is 0 Å². The summed E-state index contributed by atoms with van der Waals surface area (Å²) in [5, 5.41) is 6.36. The summed E-state index contributed by atoms with van der Waals surface area (Å²) < 4.78 is 0. The van der Waals surface area contributed by atoms with Crippen LogP contribution in [-0.2, 0) is 11.3 Å². The van der Waals surface area contributed by atoms with E-state index in [-0.39, 0.29) is 11.9 Å². The lowest BCUT2D eigenvalue weighted by molar-refractivity contribution is -0.120. The number of rotatable bonds is 8. The maximum absolute atomic E-state index is 12.2. The first-order valence-corrected chi connectivity index (χ1v) is 8.78. The zero-order chi connectivity index (χ0) is 18.2. The van der Waals surface area contributed by atoms with Gasteiger partial charge in [0.25, 0.3) is 0 Å². The first kappa shape index (κ1) is 19.0. The molecule has 0 aliphatic rings. The molecule has 0 aliphatic heterocycles. The molecule has 2 aromatic rings. The molecule has 4 heteroatoms. The Morgan fingerprint density at radius 3 is 2.20 bits per heavy atom. The van der Waals surface area contributed by atoms with Gasteiger partial charge in [-0.1, -0.05) is 56.3 Å². The van der Waals surface area contributed by atoms with Crippen molar-refractivity contribution in [2.24, 2.45) is 5.92 Å². The summed E-state index contributed by atoms with van der Waals surface area (Å²) >= 11 is 0. The summed E-state index contributed by atoms with van der Waals surface area (Å²) in [5.41, 5.74) is 3.46. The van der Waals surface area contributed by atoms with Crippen molar-refractivity contribution in [2.75, 3.05) is 25.5 Å². The fourth-order valence-electron chi connectivity index (χ4n) is 2.78. The molecule has 0 radical (unpaired) electrons. The zero-order valence-corrected chi connectivity index (χ0v) is 15.6. The zero-order valence-electron chi connectivity index (χ0n) is 15.6. The average molecular weight is 339 g/mol. The molecule has 0 unspecified atom stereocenters. The van der Waals surface area contributed by atoms with Gasteiger partial charge in [-0.05, 0) is 29.2 Å². The number of benzene rings is 2. The largest absolute Gasteiger partial charge is 0.378 e. The number of hydrogen-bond donors (Lipinski definition) is 2. The summed E-state index contributed by atoms with van der Waals surface area (Å²) in [4.78, 5) is 14.2. The number of anilines is 1. The number of carbonyl (C=O) groups excluding carboxylic acids is 1. The standard InChI is InChI=1S/C21H29N3O/c1-16(2)21(18-8-6-5-7-9-18)23-15-20(25)22-14-17-10-12-19(13-11-17)24(3)4/h5-13,16,21,23H,14-15H2,1-4H3,(H,22,25)/t21-/m0/s1. The first-order chi connectivity index (χ1) is 12.0. The highest BCUT2D eigenvalue weighted by Crippen LogP contribution is 2.20. The van der Waals surface area contributed by atoms with Gasteiger partial charge in [0.1, 0.15) is 0 Å². The van der Waals surface area contributed by atoms with Gasteiger partial charge in [0.15, 0.2) is 0 Å². The summed E-state index contributed by atoms with van der Waals surface area (Å²) in [6.07, 6.45) is 0. The topological polar surface area (TPSA) is 44.4 Å². The molecule has 0 spiro atoms. The van der Waals surface area contributed by atoms with Gasteiger partial charge >= 0.3 is 0 Å². The minimum Gasteiger partial charge on any atom is -0.378 e. The number of carbonyl (C=O) groups is 1. The van der Waals surface area contributed by atoms with Crippen LogP contribution in [0.5, 0.6) is 0 Å². The number of amides is 1. The highest BCUT2D eigenvalue weighted by Gasteiger charge is 2.16. The lowest BCUT2D eigenvalue weighted by Gasteiger charge is -2.22. The van der Waals surface area contributed by atoms with E-state index >= 15 is 0 Å². The van der Waals surface area contributed by atoms with Gasteiger partial charge in [0.05, 0.1) is 6.54 Å². The summed E-state index contributed by atoms with van der Waals surface area (Å²) in [5.74, 6) is 0.423. The SMILES string of the molecule is CC(C)[C@H](NCC(=O)NCc1ccc(N(C)C)cc1)c1ccccc1. The van der Waals surface area contributed by atoms with E-state index in [1.807, 2.05) is 44.4 Å². The minimum atomic E-state index is 0.0123. The van der Waals surface area contributed by atoms with E-state index in [1.54, 1.807) is 0 Å². The van der Waals surface area contributed by atoms with E-state index in [0.717, 1.165) is 11.3 Å². The van der Waals surface area contributed by atoms with Crippen LogP contribution in [0.3, 0.4) is 0 Å². The summed E-state index contributed by atoms with van der Waals surface area (Å²) in [6, 6.07) is 18.7. The van der Waals surface area contributed by atoms with Gasteiger partial charge in [-0.2, -0.15) is 0 Å². The molecule has 25 heavy (non-hydrogen) atoms. The third-order valence-electron chi connectivity index (χ3n) is 4.25. The van der Waals surface area contributed by atoms with Gasteiger partial charge in [-0.25, -0.2) is 0 Å². The van der Waals surface area contributed by atoms with Gasteiger partial charge < -0.3 is 15.5 Å². The molecule has 0 aromatic heterocycles. The van der Waals surface area contributed by atoms with Crippen molar-refractivity contribution in [3.05, 3.63) is 65.7 Å². The van der Waals surface area contributed by atoms with Gasteiger partial charge in [0, 0.05) is 32.4 Å². The lowest BCUT2D eigenvalue weighted by atomic mass is 9.96. The van der Waals surface area contributed by atoms with Gasteiger partial charge in [-0.3, -0.25) is 4.79 Å². The van der Waals surface area contributed by atoms with E-state index in [9.17, 15) is 4.79 Å². The Hall–Kier alpha value is -2.33. The van der Waals surface area contributed by atoms with Crippen LogP contribution in [0.15, 0.2) is 54.6 Å². The molecular formula is C21H29N3O. The molecular weight excluding hydrogens is 310 g/mol. The smallest absolute Gasteiger partial charge is 0.234 e. The molecule has 2 N–H and O–H groups in total. The fourth-order valence-corrected chi connectivity index (χ4v) is 2.78. The van der Waals surface area contributed by atoms with Crippen LogP contribution in [0.25, 0.3) is 0 Å². The van der Waals surface area contributed by atoms with Crippen LogP contribution in [0.1, 0.15) is 31.0 Å². The van der Waals surface area contributed by atoms with E-state index in [0.29, 0.717) is 19.0 Å². The third-order valence-corrected chi connectivity index (χ3v) is 4.25. The molecule has 4 nitrogen and oxygen atoms in total. The lowest BCUT2D eigenvalue weighted by Crippen LogP contribution is -2.37. The summed E-state index contributed by atoms with van der Waals surface area (Å²) in [6.45, 7) is 5.18. The Morgan fingerprint density at radius 1 is 1.00 bits per heavy atom. The van der Waals surface area contributed by atoms with Crippen molar-refractivity contribution in [1.29, 1.82) is 0 Å². The Balaban J connectivity index is 1.83. The molecule has 2 aromatic carbocycles. The van der Waals surface area contributed by atoms with Crippen LogP contribution >= 0.6 is 0 Å². The van der Waals surface area contributed by atoms with E-state index in [1.165, 1.54) is 5.56 Å². The first-order valence-electron chi connectivity index (χ1n) is 8.78. The molecule has 0 aliphatic carbocycles. The third kappa shape index (κ3) is 5.91. The molecule has 0 saturated heterocycles. The molecule has 134 valence electrons. The Kier molecular flexibility index (Phi) is 7.02. The molecule has 2 rings (SSSR count). The van der Waals surface area contributed by atoms with Gasteiger partial charge in [-0.15, -0.1) is 0 Å². The second-order valence-corrected chi connectivity index (χ2v) is 6.85. The Bertz CT molecular complexity index is 651. The maximum Gasteiger partial charge on any atom is 0.234 e. The van der Waals surface area contributed by atoms with Crippen molar-refractivity contribution in [3.63, 3.8) is 0 Å². The minimum absolute atomic E-state index is 0.0123. The fraction of sp³-hybridized carbons (Fsp3) is 0.381. The van der Waals surface area contributed by atoms with Crippen LogP contribution in [0.4, 0.5) is 5.69 Å².